The Kier molecular flexibility index (Phi) is 2.39. The second-order valence-electron chi connectivity index (χ2n) is 3.88. The fraction of sp³-hybridized carbons (Fsp3) is 0.625. The predicted octanol–water partition coefficient (Wildman–Crippen LogP) is 1.50. The average Bonchev–Trinajstić information content (AvgIpc) is 2.15. The van der Waals surface area contributed by atoms with Crippen LogP contribution in [0.4, 0.5) is 0 Å². The van der Waals surface area contributed by atoms with Crippen LogP contribution >= 0.6 is 15.9 Å². The Labute approximate surface area is 82.9 Å². The lowest BCUT2D eigenvalue weighted by atomic mass is 10.0. The summed E-state index contributed by atoms with van der Waals surface area (Å²) in [4.78, 5) is 0. The van der Waals surface area contributed by atoms with Crippen molar-refractivity contribution in [2.24, 2.45) is 0 Å². The molecular formula is C8H12BBrN2. The molecule has 0 spiro atoms. The molecule has 2 nitrogen and oxygen atoms in total. The molecule has 0 unspecified atom stereocenters. The van der Waals surface area contributed by atoms with E-state index in [1.165, 1.54) is 0 Å². The van der Waals surface area contributed by atoms with Crippen LogP contribution < -0.4 is 5.59 Å². The highest BCUT2D eigenvalue weighted by Gasteiger charge is 2.19. The summed E-state index contributed by atoms with van der Waals surface area (Å²) in [6, 6.07) is 0. The summed E-state index contributed by atoms with van der Waals surface area (Å²) in [6.45, 7) is 8.21. The zero-order valence-electron chi connectivity index (χ0n) is 7.85. The zero-order valence-corrected chi connectivity index (χ0v) is 9.44. The third-order valence-electron chi connectivity index (χ3n) is 1.72. The first-order valence-corrected chi connectivity index (χ1v) is 4.64. The molecule has 0 saturated carbocycles. The van der Waals surface area contributed by atoms with Gasteiger partial charge in [-0.2, -0.15) is 5.10 Å². The number of aromatic nitrogens is 2. The van der Waals surface area contributed by atoms with E-state index in [4.69, 9.17) is 7.85 Å². The van der Waals surface area contributed by atoms with Gasteiger partial charge in [0.25, 0.3) is 0 Å². The molecule has 1 rings (SSSR count). The number of hydrogen-bond donors (Lipinski definition) is 0. The van der Waals surface area contributed by atoms with Crippen LogP contribution in [0.5, 0.6) is 0 Å². The minimum Gasteiger partial charge on any atom is -0.254 e. The van der Waals surface area contributed by atoms with E-state index in [1.54, 1.807) is 0 Å². The maximum Gasteiger partial charge on any atom is 0.144 e. The number of rotatable bonds is 0. The molecule has 0 aromatic carbocycles. The van der Waals surface area contributed by atoms with E-state index in [0.717, 1.165) is 10.2 Å². The third kappa shape index (κ3) is 1.58. The van der Waals surface area contributed by atoms with Crippen LogP contribution in [0.25, 0.3) is 0 Å². The van der Waals surface area contributed by atoms with Gasteiger partial charge in [0.2, 0.25) is 0 Å². The van der Waals surface area contributed by atoms with Crippen LogP contribution in [-0.4, -0.2) is 17.6 Å². The summed E-state index contributed by atoms with van der Waals surface area (Å²) < 4.78 is 2.85. The molecule has 0 aliphatic rings. The molecule has 0 fully saturated rings. The first-order valence-electron chi connectivity index (χ1n) is 3.85. The van der Waals surface area contributed by atoms with Gasteiger partial charge < -0.3 is 0 Å². The lowest BCUT2D eigenvalue weighted by Gasteiger charge is -2.20. The first kappa shape index (κ1) is 9.84. The average molecular weight is 227 g/mol. The van der Waals surface area contributed by atoms with E-state index < -0.39 is 0 Å². The second kappa shape index (κ2) is 2.91. The quantitative estimate of drug-likeness (QED) is 0.614. The van der Waals surface area contributed by atoms with Crippen molar-refractivity contribution in [3.63, 3.8) is 0 Å². The molecule has 64 valence electrons. The Hall–Kier alpha value is -0.245. The minimum atomic E-state index is -0.0266. The van der Waals surface area contributed by atoms with Crippen molar-refractivity contribution in [1.29, 1.82) is 0 Å². The van der Waals surface area contributed by atoms with Gasteiger partial charge in [-0.05, 0) is 49.2 Å². The standard InChI is InChI=1S/C8H12BBrN2/c1-5-6(9)11-12(7(5)10)8(2,3)4/h1-4H3. The summed E-state index contributed by atoms with van der Waals surface area (Å²) in [5, 5.41) is 4.23. The largest absolute Gasteiger partial charge is 0.254 e. The van der Waals surface area contributed by atoms with Gasteiger partial charge in [-0.25, -0.2) is 0 Å². The highest BCUT2D eigenvalue weighted by molar-refractivity contribution is 9.10. The second-order valence-corrected chi connectivity index (χ2v) is 4.63. The molecule has 2 radical (unpaired) electrons. The molecule has 0 bridgehead atoms. The van der Waals surface area contributed by atoms with Crippen molar-refractivity contribution in [2.45, 2.75) is 33.2 Å². The molecule has 0 saturated heterocycles. The summed E-state index contributed by atoms with van der Waals surface area (Å²) in [5.41, 5.74) is 1.57. The minimum absolute atomic E-state index is 0.0266. The van der Waals surface area contributed by atoms with Crippen LogP contribution in [-0.2, 0) is 5.54 Å². The van der Waals surface area contributed by atoms with Crippen LogP contribution in [0.3, 0.4) is 0 Å². The Balaban J connectivity index is 3.28. The molecule has 1 aromatic heterocycles. The van der Waals surface area contributed by atoms with E-state index in [-0.39, 0.29) is 5.54 Å². The van der Waals surface area contributed by atoms with Gasteiger partial charge in [0.1, 0.15) is 12.4 Å². The maximum absolute atomic E-state index is 5.68. The predicted molar refractivity (Wildman–Crippen MR) is 55.0 cm³/mol. The number of nitrogens with zero attached hydrogens (tertiary/aromatic N) is 2. The van der Waals surface area contributed by atoms with Gasteiger partial charge in [-0.15, -0.1) is 0 Å². The highest BCUT2D eigenvalue weighted by Crippen LogP contribution is 2.21. The topological polar surface area (TPSA) is 17.8 Å². The molecule has 0 amide bonds. The van der Waals surface area contributed by atoms with Gasteiger partial charge >= 0.3 is 0 Å². The zero-order chi connectivity index (χ0) is 9.52. The van der Waals surface area contributed by atoms with Gasteiger partial charge in [0.05, 0.1) is 5.54 Å². The Bertz CT molecular complexity index is 299. The molecule has 0 aliphatic carbocycles. The van der Waals surface area contributed by atoms with Crippen LogP contribution in [0, 0.1) is 6.92 Å². The van der Waals surface area contributed by atoms with Crippen molar-refractivity contribution in [3.05, 3.63) is 10.2 Å². The monoisotopic (exact) mass is 226 g/mol. The molecule has 12 heavy (non-hydrogen) atoms. The third-order valence-corrected chi connectivity index (χ3v) is 2.65. The van der Waals surface area contributed by atoms with E-state index in [2.05, 4.69) is 41.8 Å². The molecule has 1 heterocycles. The lowest BCUT2D eigenvalue weighted by Crippen LogP contribution is -2.25. The van der Waals surface area contributed by atoms with Crippen molar-refractivity contribution >= 4 is 29.4 Å². The normalized spacial score (nSPS) is 12.1. The molecular weight excluding hydrogens is 215 g/mol. The van der Waals surface area contributed by atoms with Crippen LogP contribution in [0.1, 0.15) is 26.3 Å². The van der Waals surface area contributed by atoms with Crippen LogP contribution in [0.15, 0.2) is 4.60 Å². The molecule has 4 heteroatoms. The molecule has 0 N–H and O–H groups in total. The lowest BCUT2D eigenvalue weighted by molar-refractivity contribution is 0.350. The van der Waals surface area contributed by atoms with E-state index in [9.17, 15) is 0 Å². The summed E-state index contributed by atoms with van der Waals surface area (Å²) >= 11 is 3.46. The van der Waals surface area contributed by atoms with Crippen molar-refractivity contribution in [2.75, 3.05) is 0 Å². The van der Waals surface area contributed by atoms with Crippen molar-refractivity contribution in [1.82, 2.24) is 9.78 Å². The van der Waals surface area contributed by atoms with Gasteiger partial charge in [0.15, 0.2) is 0 Å². The summed E-state index contributed by atoms with van der Waals surface area (Å²) in [7, 11) is 5.68. The van der Waals surface area contributed by atoms with E-state index in [1.807, 2.05) is 11.6 Å². The SMILES string of the molecule is [B]c1nn(C(C)(C)C)c(Br)c1C. The van der Waals surface area contributed by atoms with Crippen molar-refractivity contribution < 1.29 is 0 Å². The first-order chi connectivity index (χ1) is 5.34. The number of hydrogen-bond acceptors (Lipinski definition) is 1. The fourth-order valence-corrected chi connectivity index (χ4v) is 1.75. The molecule has 0 aliphatic heterocycles. The summed E-state index contributed by atoms with van der Waals surface area (Å²) in [5.74, 6) is 0. The van der Waals surface area contributed by atoms with Crippen LogP contribution in [0.2, 0.25) is 0 Å². The Morgan fingerprint density at radius 2 is 1.92 bits per heavy atom. The van der Waals surface area contributed by atoms with Gasteiger partial charge in [0, 0.05) is 5.59 Å². The highest BCUT2D eigenvalue weighted by atomic mass is 79.9. The number of halogens is 1. The molecule has 0 atom stereocenters. The van der Waals surface area contributed by atoms with Gasteiger partial charge in [-0.1, -0.05) is 0 Å². The van der Waals surface area contributed by atoms with Gasteiger partial charge in [-0.3, -0.25) is 4.68 Å². The van der Waals surface area contributed by atoms with E-state index in [0.29, 0.717) is 5.59 Å². The van der Waals surface area contributed by atoms with Crippen molar-refractivity contribution in [3.8, 4) is 0 Å². The summed E-state index contributed by atoms with van der Waals surface area (Å²) in [6.07, 6.45) is 0. The van der Waals surface area contributed by atoms with E-state index >= 15 is 0 Å². The Morgan fingerprint density at radius 1 is 1.42 bits per heavy atom. The maximum atomic E-state index is 5.68. The smallest absolute Gasteiger partial charge is 0.144 e. The Morgan fingerprint density at radius 3 is 2.08 bits per heavy atom. The molecule has 1 aromatic rings. The fourth-order valence-electron chi connectivity index (χ4n) is 0.936.